The molecule has 1 saturated heterocycles. The molecule has 28 heavy (non-hydrogen) atoms. The highest BCUT2D eigenvalue weighted by Gasteiger charge is 2.31. The van der Waals surface area contributed by atoms with E-state index in [9.17, 15) is 9.59 Å². The van der Waals surface area contributed by atoms with Crippen molar-refractivity contribution in [1.29, 1.82) is 0 Å². The van der Waals surface area contributed by atoms with Crippen LogP contribution in [-0.4, -0.2) is 69.9 Å². The SMILES string of the molecule is COCCCOC1CN(CC(=O)Nc2sc3c(c2C(=O)OC)CCC(C)C3)C1. The summed E-state index contributed by atoms with van der Waals surface area (Å²) in [6, 6.07) is 0. The van der Waals surface area contributed by atoms with Crippen molar-refractivity contribution < 1.29 is 23.8 Å². The summed E-state index contributed by atoms with van der Waals surface area (Å²) in [6.07, 6.45) is 3.94. The van der Waals surface area contributed by atoms with Gasteiger partial charge in [0.25, 0.3) is 0 Å². The van der Waals surface area contributed by atoms with E-state index in [1.807, 2.05) is 4.90 Å². The zero-order chi connectivity index (χ0) is 20.1. The summed E-state index contributed by atoms with van der Waals surface area (Å²) in [5.41, 5.74) is 1.60. The number of anilines is 1. The Hall–Kier alpha value is -1.48. The van der Waals surface area contributed by atoms with Gasteiger partial charge in [0.15, 0.2) is 0 Å². The molecule has 0 radical (unpaired) electrons. The van der Waals surface area contributed by atoms with Gasteiger partial charge in [-0.15, -0.1) is 11.3 Å². The molecule has 0 aromatic carbocycles. The summed E-state index contributed by atoms with van der Waals surface area (Å²) in [5, 5.41) is 3.58. The lowest BCUT2D eigenvalue weighted by atomic mass is 9.88. The van der Waals surface area contributed by atoms with Crippen molar-refractivity contribution in [1.82, 2.24) is 4.90 Å². The molecule has 156 valence electrons. The summed E-state index contributed by atoms with van der Waals surface area (Å²) in [7, 11) is 3.07. The van der Waals surface area contributed by atoms with Gasteiger partial charge in [-0.05, 0) is 37.2 Å². The maximum atomic E-state index is 12.5. The molecule has 8 heteroatoms. The van der Waals surface area contributed by atoms with Gasteiger partial charge in [-0.1, -0.05) is 6.92 Å². The van der Waals surface area contributed by atoms with Gasteiger partial charge in [0, 0.05) is 38.3 Å². The van der Waals surface area contributed by atoms with Crippen molar-refractivity contribution in [3.63, 3.8) is 0 Å². The number of esters is 1. The van der Waals surface area contributed by atoms with Gasteiger partial charge < -0.3 is 19.5 Å². The number of likely N-dealkylation sites (tertiary alicyclic amines) is 1. The molecule has 0 bridgehead atoms. The number of rotatable bonds is 9. The molecule has 3 rings (SSSR count). The second-order valence-electron chi connectivity index (χ2n) is 7.63. The fourth-order valence-electron chi connectivity index (χ4n) is 3.74. The van der Waals surface area contributed by atoms with E-state index in [4.69, 9.17) is 14.2 Å². The molecule has 0 spiro atoms. The van der Waals surface area contributed by atoms with Crippen LogP contribution >= 0.6 is 11.3 Å². The molecule has 2 heterocycles. The van der Waals surface area contributed by atoms with E-state index < -0.39 is 0 Å². The normalized spacial score (nSPS) is 19.8. The molecule has 1 N–H and O–H groups in total. The van der Waals surface area contributed by atoms with E-state index >= 15 is 0 Å². The number of hydrogen-bond donors (Lipinski definition) is 1. The van der Waals surface area contributed by atoms with Crippen molar-refractivity contribution in [3.8, 4) is 0 Å². The number of thiophene rings is 1. The van der Waals surface area contributed by atoms with E-state index in [-0.39, 0.29) is 18.0 Å². The first-order chi connectivity index (χ1) is 13.5. The minimum absolute atomic E-state index is 0.102. The Bertz CT molecular complexity index is 699. The van der Waals surface area contributed by atoms with Crippen molar-refractivity contribution in [2.75, 3.05) is 52.4 Å². The molecule has 1 aliphatic carbocycles. The molecule has 7 nitrogen and oxygen atoms in total. The Morgan fingerprint density at radius 1 is 1.25 bits per heavy atom. The van der Waals surface area contributed by atoms with E-state index in [1.54, 1.807) is 7.11 Å². The van der Waals surface area contributed by atoms with Gasteiger partial charge in [0.1, 0.15) is 5.00 Å². The van der Waals surface area contributed by atoms with Crippen LogP contribution in [0, 0.1) is 5.92 Å². The number of amides is 1. The number of hydrogen-bond acceptors (Lipinski definition) is 7. The standard InChI is InChI=1S/C20H30N2O5S/c1-13-5-6-15-16(9-13)28-19(18(15)20(24)26-3)21-17(23)12-22-10-14(11-22)27-8-4-7-25-2/h13-14H,4-12H2,1-3H3,(H,21,23). The number of ether oxygens (including phenoxy) is 3. The second kappa shape index (κ2) is 9.82. The number of nitrogens with zero attached hydrogens (tertiary/aromatic N) is 1. The fourth-order valence-corrected chi connectivity index (χ4v) is 5.15. The quantitative estimate of drug-likeness (QED) is 0.497. The highest BCUT2D eigenvalue weighted by molar-refractivity contribution is 7.17. The molecule has 0 saturated carbocycles. The van der Waals surface area contributed by atoms with Crippen molar-refractivity contribution in [2.45, 2.75) is 38.7 Å². The summed E-state index contributed by atoms with van der Waals surface area (Å²) >= 11 is 1.52. The predicted octanol–water partition coefficient (Wildman–Crippen LogP) is 2.34. The first kappa shape index (κ1) is 21.2. The lowest BCUT2D eigenvalue weighted by molar-refractivity contribution is -0.121. The molecular weight excluding hydrogens is 380 g/mol. The Balaban J connectivity index is 1.53. The second-order valence-corrected chi connectivity index (χ2v) is 8.73. The van der Waals surface area contributed by atoms with Crippen LogP contribution in [0.25, 0.3) is 0 Å². The molecule has 2 aliphatic rings. The molecule has 1 amide bonds. The van der Waals surface area contributed by atoms with Crippen LogP contribution in [0.3, 0.4) is 0 Å². The van der Waals surface area contributed by atoms with Crippen LogP contribution < -0.4 is 5.32 Å². The fraction of sp³-hybridized carbons (Fsp3) is 0.700. The summed E-state index contributed by atoms with van der Waals surface area (Å²) < 4.78 is 15.7. The highest BCUT2D eigenvalue weighted by atomic mass is 32.1. The average molecular weight is 411 g/mol. The van der Waals surface area contributed by atoms with Crippen LogP contribution in [0.5, 0.6) is 0 Å². The van der Waals surface area contributed by atoms with Gasteiger partial charge in [0.05, 0.1) is 25.3 Å². The summed E-state index contributed by atoms with van der Waals surface area (Å²) in [6.45, 7) is 5.41. The van der Waals surface area contributed by atoms with E-state index in [2.05, 4.69) is 12.2 Å². The Kier molecular flexibility index (Phi) is 7.45. The van der Waals surface area contributed by atoms with Crippen LogP contribution in [-0.2, 0) is 31.8 Å². The molecule has 1 aromatic heterocycles. The number of carbonyl (C=O) groups excluding carboxylic acids is 2. The third-order valence-electron chi connectivity index (χ3n) is 5.29. The third-order valence-corrected chi connectivity index (χ3v) is 6.46. The van der Waals surface area contributed by atoms with Crippen LogP contribution in [0.4, 0.5) is 5.00 Å². The maximum Gasteiger partial charge on any atom is 0.341 e. The first-order valence-electron chi connectivity index (χ1n) is 9.87. The van der Waals surface area contributed by atoms with Gasteiger partial charge in [0.2, 0.25) is 5.91 Å². The van der Waals surface area contributed by atoms with Gasteiger partial charge in [-0.2, -0.15) is 0 Å². The Morgan fingerprint density at radius 3 is 2.75 bits per heavy atom. The molecule has 1 unspecified atom stereocenters. The van der Waals surface area contributed by atoms with Crippen LogP contribution in [0.1, 0.15) is 40.6 Å². The van der Waals surface area contributed by atoms with Gasteiger partial charge in [-0.3, -0.25) is 9.69 Å². The molecule has 1 fully saturated rings. The lowest BCUT2D eigenvalue weighted by Crippen LogP contribution is -2.54. The van der Waals surface area contributed by atoms with E-state index in [1.165, 1.54) is 23.3 Å². The van der Waals surface area contributed by atoms with Crippen molar-refractivity contribution in [2.24, 2.45) is 5.92 Å². The summed E-state index contributed by atoms with van der Waals surface area (Å²) in [4.78, 5) is 28.1. The zero-order valence-electron chi connectivity index (χ0n) is 16.9. The first-order valence-corrected chi connectivity index (χ1v) is 10.7. The number of methoxy groups -OCH3 is 2. The molecule has 1 aliphatic heterocycles. The number of fused-ring (bicyclic) bond motifs is 1. The van der Waals surface area contributed by atoms with Gasteiger partial charge >= 0.3 is 5.97 Å². The highest BCUT2D eigenvalue weighted by Crippen LogP contribution is 2.40. The molecule has 1 aromatic rings. The zero-order valence-corrected chi connectivity index (χ0v) is 17.7. The lowest BCUT2D eigenvalue weighted by Gasteiger charge is -2.38. The smallest absolute Gasteiger partial charge is 0.341 e. The largest absolute Gasteiger partial charge is 0.465 e. The minimum atomic E-state index is -0.365. The van der Waals surface area contributed by atoms with Crippen molar-refractivity contribution in [3.05, 3.63) is 16.0 Å². The van der Waals surface area contributed by atoms with E-state index in [0.29, 0.717) is 36.2 Å². The molecular formula is C20H30N2O5S. The average Bonchev–Trinajstić information content (AvgIpc) is 2.98. The number of carbonyl (C=O) groups is 2. The third kappa shape index (κ3) is 5.11. The minimum Gasteiger partial charge on any atom is -0.465 e. The van der Waals surface area contributed by atoms with Gasteiger partial charge in [-0.25, -0.2) is 4.79 Å². The number of nitrogens with one attached hydrogen (secondary N) is 1. The van der Waals surface area contributed by atoms with Crippen LogP contribution in [0.2, 0.25) is 0 Å². The van der Waals surface area contributed by atoms with Crippen molar-refractivity contribution >= 4 is 28.2 Å². The van der Waals surface area contributed by atoms with E-state index in [0.717, 1.165) is 44.3 Å². The predicted molar refractivity (Wildman–Crippen MR) is 108 cm³/mol. The molecule has 1 atom stereocenters. The Morgan fingerprint density at radius 2 is 2.04 bits per heavy atom. The maximum absolute atomic E-state index is 12.5. The van der Waals surface area contributed by atoms with Crippen LogP contribution in [0.15, 0.2) is 0 Å². The monoisotopic (exact) mass is 410 g/mol. The topological polar surface area (TPSA) is 77.1 Å². The summed E-state index contributed by atoms with van der Waals surface area (Å²) in [5.74, 6) is 0.132. The Labute approximate surface area is 170 Å².